The number of nitrogens with two attached hydrogens (primary N) is 1. The van der Waals surface area contributed by atoms with Gasteiger partial charge in [-0.05, 0) is 58.0 Å². The van der Waals surface area contributed by atoms with Gasteiger partial charge in [-0.25, -0.2) is 0 Å². The Bertz CT molecular complexity index is 221. The van der Waals surface area contributed by atoms with Crippen LogP contribution in [0.15, 0.2) is 0 Å². The lowest BCUT2D eigenvalue weighted by molar-refractivity contribution is 0.0359. The largest absolute Gasteiger partial charge is 0.296 e. The SMILES string of the molecule is CCC(C)(C(NN)C1CC1)N1CCCCC1. The minimum Gasteiger partial charge on any atom is -0.296 e. The minimum atomic E-state index is 0.260. The van der Waals surface area contributed by atoms with E-state index in [1.807, 2.05) is 0 Å². The number of nitrogens with zero attached hydrogens (tertiary/aromatic N) is 1. The van der Waals surface area contributed by atoms with Gasteiger partial charge in [0.25, 0.3) is 0 Å². The van der Waals surface area contributed by atoms with Crippen molar-refractivity contribution in [2.24, 2.45) is 11.8 Å². The summed E-state index contributed by atoms with van der Waals surface area (Å²) in [5.41, 5.74) is 3.37. The first-order valence-corrected chi connectivity index (χ1v) is 6.93. The summed E-state index contributed by atoms with van der Waals surface area (Å²) in [4.78, 5) is 2.68. The van der Waals surface area contributed by atoms with Gasteiger partial charge >= 0.3 is 0 Å². The zero-order chi connectivity index (χ0) is 11.6. The van der Waals surface area contributed by atoms with Crippen molar-refractivity contribution in [3.8, 4) is 0 Å². The fraction of sp³-hybridized carbons (Fsp3) is 1.00. The van der Waals surface area contributed by atoms with Crippen LogP contribution in [0.3, 0.4) is 0 Å². The molecule has 16 heavy (non-hydrogen) atoms. The first kappa shape index (κ1) is 12.3. The number of nitrogens with one attached hydrogen (secondary N) is 1. The molecule has 1 aliphatic carbocycles. The van der Waals surface area contributed by atoms with Gasteiger partial charge < -0.3 is 0 Å². The zero-order valence-corrected chi connectivity index (χ0v) is 10.8. The summed E-state index contributed by atoms with van der Waals surface area (Å²) in [7, 11) is 0. The first-order valence-electron chi connectivity index (χ1n) is 6.93. The molecule has 1 saturated carbocycles. The Morgan fingerprint density at radius 2 is 1.94 bits per heavy atom. The van der Waals surface area contributed by atoms with Gasteiger partial charge in [-0.1, -0.05) is 13.3 Å². The smallest absolute Gasteiger partial charge is 0.0420 e. The van der Waals surface area contributed by atoms with E-state index in [-0.39, 0.29) is 5.54 Å². The summed E-state index contributed by atoms with van der Waals surface area (Å²) >= 11 is 0. The van der Waals surface area contributed by atoms with Crippen molar-refractivity contribution in [3.05, 3.63) is 0 Å². The van der Waals surface area contributed by atoms with Crippen molar-refractivity contribution in [1.82, 2.24) is 10.3 Å². The summed E-state index contributed by atoms with van der Waals surface area (Å²) < 4.78 is 0. The molecule has 0 spiro atoms. The molecule has 0 bridgehead atoms. The Kier molecular flexibility index (Phi) is 3.88. The number of hydrazine groups is 1. The third-order valence-corrected chi connectivity index (χ3v) is 4.74. The highest BCUT2D eigenvalue weighted by atomic mass is 15.3. The number of piperidine rings is 1. The number of hydrogen-bond acceptors (Lipinski definition) is 3. The average Bonchev–Trinajstić information content (AvgIpc) is 3.15. The second-order valence-corrected chi connectivity index (χ2v) is 5.74. The van der Waals surface area contributed by atoms with E-state index in [1.165, 1.54) is 51.6 Å². The van der Waals surface area contributed by atoms with Gasteiger partial charge in [0.05, 0.1) is 0 Å². The molecular formula is C13H27N3. The molecule has 1 heterocycles. The highest BCUT2D eigenvalue weighted by Gasteiger charge is 2.45. The van der Waals surface area contributed by atoms with Crippen molar-refractivity contribution in [2.75, 3.05) is 13.1 Å². The van der Waals surface area contributed by atoms with Crippen LogP contribution in [0.25, 0.3) is 0 Å². The topological polar surface area (TPSA) is 41.3 Å². The Morgan fingerprint density at radius 3 is 2.38 bits per heavy atom. The monoisotopic (exact) mass is 225 g/mol. The van der Waals surface area contributed by atoms with Crippen molar-refractivity contribution < 1.29 is 0 Å². The predicted molar refractivity (Wildman–Crippen MR) is 68.0 cm³/mol. The summed E-state index contributed by atoms with van der Waals surface area (Å²) in [5.74, 6) is 6.62. The standard InChI is InChI=1S/C13H27N3/c1-3-13(2,12(15-14)11-7-8-11)16-9-5-4-6-10-16/h11-12,15H,3-10,14H2,1-2H3. The third kappa shape index (κ3) is 2.27. The normalized spacial score (nSPS) is 28.7. The molecule has 1 aliphatic heterocycles. The first-order chi connectivity index (χ1) is 7.72. The van der Waals surface area contributed by atoms with Gasteiger partial charge in [0.2, 0.25) is 0 Å². The lowest BCUT2D eigenvalue weighted by atomic mass is 9.83. The van der Waals surface area contributed by atoms with Crippen LogP contribution in [0.5, 0.6) is 0 Å². The molecule has 3 nitrogen and oxygen atoms in total. The van der Waals surface area contributed by atoms with Gasteiger partial charge in [0.15, 0.2) is 0 Å². The molecule has 2 rings (SSSR count). The summed E-state index contributed by atoms with van der Waals surface area (Å²) in [5, 5.41) is 0. The van der Waals surface area contributed by atoms with E-state index in [0.29, 0.717) is 6.04 Å². The van der Waals surface area contributed by atoms with Gasteiger partial charge in [-0.3, -0.25) is 16.2 Å². The molecule has 94 valence electrons. The molecule has 1 saturated heterocycles. The lowest BCUT2D eigenvalue weighted by Gasteiger charge is -2.48. The summed E-state index contributed by atoms with van der Waals surface area (Å²) in [6.45, 7) is 7.23. The van der Waals surface area contributed by atoms with Crippen LogP contribution < -0.4 is 11.3 Å². The fourth-order valence-corrected chi connectivity index (χ4v) is 3.30. The molecule has 2 unspecified atom stereocenters. The van der Waals surface area contributed by atoms with Crippen LogP contribution in [0.2, 0.25) is 0 Å². The van der Waals surface area contributed by atoms with Gasteiger partial charge in [0, 0.05) is 11.6 Å². The third-order valence-electron chi connectivity index (χ3n) is 4.74. The average molecular weight is 225 g/mol. The summed E-state index contributed by atoms with van der Waals surface area (Å²) in [6.07, 6.45) is 8.03. The summed E-state index contributed by atoms with van der Waals surface area (Å²) in [6, 6.07) is 0.482. The van der Waals surface area contributed by atoms with Crippen molar-refractivity contribution in [2.45, 2.75) is 64.0 Å². The van der Waals surface area contributed by atoms with E-state index in [4.69, 9.17) is 5.84 Å². The Balaban J connectivity index is 2.08. The van der Waals surface area contributed by atoms with Crippen LogP contribution in [0, 0.1) is 5.92 Å². The predicted octanol–water partition coefficient (Wildman–Crippen LogP) is 1.88. The van der Waals surface area contributed by atoms with E-state index < -0.39 is 0 Å². The molecule has 0 aromatic rings. The minimum absolute atomic E-state index is 0.260. The maximum Gasteiger partial charge on any atom is 0.0420 e. The maximum atomic E-state index is 5.81. The molecule has 2 fully saturated rings. The van der Waals surface area contributed by atoms with Crippen molar-refractivity contribution in [3.63, 3.8) is 0 Å². The van der Waals surface area contributed by atoms with Crippen LogP contribution in [0.4, 0.5) is 0 Å². The van der Waals surface area contributed by atoms with E-state index in [9.17, 15) is 0 Å². The second kappa shape index (κ2) is 5.03. The Labute approximate surface area is 99.7 Å². The molecule has 3 heteroatoms. The Hall–Kier alpha value is -0.120. The van der Waals surface area contributed by atoms with Gasteiger partial charge in [-0.2, -0.15) is 0 Å². The van der Waals surface area contributed by atoms with Crippen LogP contribution in [0.1, 0.15) is 52.4 Å². The van der Waals surface area contributed by atoms with E-state index in [2.05, 4.69) is 24.2 Å². The fourth-order valence-electron chi connectivity index (χ4n) is 3.30. The number of hydrogen-bond donors (Lipinski definition) is 2. The van der Waals surface area contributed by atoms with E-state index in [1.54, 1.807) is 0 Å². The van der Waals surface area contributed by atoms with Crippen molar-refractivity contribution in [1.29, 1.82) is 0 Å². The maximum absolute atomic E-state index is 5.81. The molecule has 0 aromatic carbocycles. The molecule has 0 radical (unpaired) electrons. The van der Waals surface area contributed by atoms with Crippen molar-refractivity contribution >= 4 is 0 Å². The number of rotatable bonds is 5. The van der Waals surface area contributed by atoms with Crippen LogP contribution in [-0.4, -0.2) is 29.6 Å². The molecule has 2 atom stereocenters. The van der Waals surface area contributed by atoms with E-state index >= 15 is 0 Å². The van der Waals surface area contributed by atoms with E-state index in [0.717, 1.165) is 5.92 Å². The highest BCUT2D eigenvalue weighted by Crippen LogP contribution is 2.41. The highest BCUT2D eigenvalue weighted by molar-refractivity contribution is 5.03. The van der Waals surface area contributed by atoms with Crippen LogP contribution in [-0.2, 0) is 0 Å². The Morgan fingerprint density at radius 1 is 1.31 bits per heavy atom. The lowest BCUT2D eigenvalue weighted by Crippen LogP contribution is -2.62. The molecule has 0 amide bonds. The van der Waals surface area contributed by atoms with Gasteiger partial charge in [0.1, 0.15) is 0 Å². The molecule has 2 aliphatic rings. The molecule has 3 N–H and O–H groups in total. The molecular weight excluding hydrogens is 198 g/mol. The van der Waals surface area contributed by atoms with Gasteiger partial charge in [-0.15, -0.1) is 0 Å². The zero-order valence-electron chi connectivity index (χ0n) is 10.8. The van der Waals surface area contributed by atoms with Crippen LogP contribution >= 0.6 is 0 Å². The second-order valence-electron chi connectivity index (χ2n) is 5.74. The molecule has 0 aromatic heterocycles. The quantitative estimate of drug-likeness (QED) is 0.554. The number of likely N-dealkylation sites (tertiary alicyclic amines) is 1.